The predicted molar refractivity (Wildman–Crippen MR) is 86.6 cm³/mol. The number of halogens is 2. The third-order valence-corrected chi connectivity index (χ3v) is 4.24. The van der Waals surface area contributed by atoms with Crippen LogP contribution < -0.4 is 5.32 Å². The van der Waals surface area contributed by atoms with E-state index in [4.69, 9.17) is 0 Å². The minimum absolute atomic E-state index is 0.0475. The van der Waals surface area contributed by atoms with E-state index < -0.39 is 0 Å². The predicted octanol–water partition coefficient (Wildman–Crippen LogP) is 2.55. The van der Waals surface area contributed by atoms with E-state index in [2.05, 4.69) is 32.9 Å². The largest absolute Gasteiger partial charge is 0.356 e. The molecule has 1 aromatic heterocycles. The van der Waals surface area contributed by atoms with Crippen LogP contribution >= 0.6 is 22.6 Å². The van der Waals surface area contributed by atoms with Gasteiger partial charge in [-0.3, -0.25) is 4.79 Å². The Morgan fingerprint density at radius 2 is 2.24 bits per heavy atom. The number of piperazine rings is 1. The normalized spacial score (nSPS) is 18.8. The molecule has 1 fully saturated rings. The number of H-pyrrole nitrogens is 1. The van der Waals surface area contributed by atoms with E-state index in [9.17, 15) is 9.18 Å². The number of nitrogens with zero attached hydrogens (tertiary/aromatic N) is 1. The minimum atomic E-state index is -0.278. The van der Waals surface area contributed by atoms with Gasteiger partial charge in [-0.15, -0.1) is 0 Å². The highest BCUT2D eigenvalue weighted by Crippen LogP contribution is 2.24. The molecule has 0 bridgehead atoms. The third kappa shape index (κ3) is 3.11. The van der Waals surface area contributed by atoms with E-state index in [1.165, 1.54) is 12.1 Å². The van der Waals surface area contributed by atoms with Crippen molar-refractivity contribution in [3.8, 4) is 0 Å². The minimum Gasteiger partial charge on any atom is -0.356 e. The molecule has 4 nitrogen and oxygen atoms in total. The summed E-state index contributed by atoms with van der Waals surface area (Å²) >= 11 is 2.16. The van der Waals surface area contributed by atoms with E-state index in [-0.39, 0.29) is 17.8 Å². The lowest BCUT2D eigenvalue weighted by atomic mass is 10.0. The van der Waals surface area contributed by atoms with Crippen LogP contribution in [0.1, 0.15) is 22.1 Å². The molecular weight excluding hydrogens is 384 g/mol. The van der Waals surface area contributed by atoms with Crippen molar-refractivity contribution < 1.29 is 9.18 Å². The highest BCUT2D eigenvalue weighted by atomic mass is 127. The second-order valence-electron chi connectivity index (χ2n) is 5.01. The summed E-state index contributed by atoms with van der Waals surface area (Å²) in [5.41, 5.74) is 1.39. The maximum absolute atomic E-state index is 13.4. The van der Waals surface area contributed by atoms with Gasteiger partial charge in [0.05, 0.1) is 6.04 Å². The molecule has 0 aliphatic carbocycles. The first-order chi connectivity index (χ1) is 10.1. The van der Waals surface area contributed by atoms with Gasteiger partial charge in [0.15, 0.2) is 0 Å². The Hall–Kier alpha value is -1.41. The van der Waals surface area contributed by atoms with Gasteiger partial charge in [-0.2, -0.15) is 0 Å². The summed E-state index contributed by atoms with van der Waals surface area (Å²) in [6.45, 7) is 1.98. The fourth-order valence-electron chi connectivity index (χ4n) is 2.61. The summed E-state index contributed by atoms with van der Waals surface area (Å²) < 4.78 is 14.4. The maximum atomic E-state index is 13.4. The van der Waals surface area contributed by atoms with E-state index in [1.807, 2.05) is 12.1 Å². The molecule has 6 heteroatoms. The number of amides is 1. The molecule has 1 aromatic carbocycles. The van der Waals surface area contributed by atoms with Gasteiger partial charge < -0.3 is 15.2 Å². The van der Waals surface area contributed by atoms with Gasteiger partial charge in [0.1, 0.15) is 11.5 Å². The molecular formula is C15H15FIN3O. The molecule has 3 rings (SSSR count). The Morgan fingerprint density at radius 3 is 2.95 bits per heavy atom. The second-order valence-corrected chi connectivity index (χ2v) is 6.25. The number of carbonyl (C=O) groups is 1. The summed E-state index contributed by atoms with van der Waals surface area (Å²) in [6.07, 6.45) is 1.80. The van der Waals surface area contributed by atoms with Crippen molar-refractivity contribution in [1.82, 2.24) is 15.2 Å². The lowest BCUT2D eigenvalue weighted by Crippen LogP contribution is -2.48. The first-order valence-corrected chi connectivity index (χ1v) is 7.84. The highest BCUT2D eigenvalue weighted by molar-refractivity contribution is 14.1. The lowest BCUT2D eigenvalue weighted by molar-refractivity contribution is 0.0628. The van der Waals surface area contributed by atoms with Crippen LogP contribution in [0.25, 0.3) is 0 Å². The molecule has 110 valence electrons. The average molecular weight is 399 g/mol. The zero-order valence-electron chi connectivity index (χ0n) is 11.3. The van der Waals surface area contributed by atoms with Crippen molar-refractivity contribution in [2.45, 2.75) is 6.04 Å². The molecule has 1 saturated heterocycles. The monoisotopic (exact) mass is 399 g/mol. The van der Waals surface area contributed by atoms with Gasteiger partial charge in [0, 0.05) is 29.4 Å². The van der Waals surface area contributed by atoms with Crippen LogP contribution in [0.2, 0.25) is 0 Å². The Bertz CT molecular complexity index is 658. The van der Waals surface area contributed by atoms with Crippen LogP contribution in [0.15, 0.2) is 36.5 Å². The van der Waals surface area contributed by atoms with Gasteiger partial charge in [-0.05, 0) is 46.4 Å². The summed E-state index contributed by atoms with van der Waals surface area (Å²) in [5, 5.41) is 3.27. The Balaban J connectivity index is 1.89. The fourth-order valence-corrected chi connectivity index (χ4v) is 3.07. The van der Waals surface area contributed by atoms with E-state index in [0.29, 0.717) is 18.8 Å². The summed E-state index contributed by atoms with van der Waals surface area (Å²) in [4.78, 5) is 17.4. The molecule has 0 spiro atoms. The van der Waals surface area contributed by atoms with Gasteiger partial charge in [0.25, 0.3) is 5.91 Å². The average Bonchev–Trinajstić information content (AvgIpc) is 2.93. The van der Waals surface area contributed by atoms with Crippen LogP contribution in [0.3, 0.4) is 0 Å². The molecule has 0 radical (unpaired) electrons. The van der Waals surface area contributed by atoms with Crippen LogP contribution in [0.5, 0.6) is 0 Å². The van der Waals surface area contributed by atoms with Gasteiger partial charge in [-0.25, -0.2) is 4.39 Å². The Kier molecular flexibility index (Phi) is 4.25. The smallest absolute Gasteiger partial charge is 0.270 e. The van der Waals surface area contributed by atoms with Crippen molar-refractivity contribution in [1.29, 1.82) is 0 Å². The van der Waals surface area contributed by atoms with Crippen molar-refractivity contribution in [2.75, 3.05) is 19.6 Å². The van der Waals surface area contributed by atoms with Crippen LogP contribution in [0, 0.1) is 9.39 Å². The van der Waals surface area contributed by atoms with Crippen molar-refractivity contribution >= 4 is 28.5 Å². The number of rotatable bonds is 2. The lowest BCUT2D eigenvalue weighted by Gasteiger charge is -2.36. The zero-order valence-corrected chi connectivity index (χ0v) is 13.4. The van der Waals surface area contributed by atoms with Gasteiger partial charge >= 0.3 is 0 Å². The molecule has 1 amide bonds. The number of nitrogens with one attached hydrogen (secondary N) is 2. The quantitative estimate of drug-likeness (QED) is 0.763. The fraction of sp³-hybridized carbons (Fsp3) is 0.267. The van der Waals surface area contributed by atoms with Crippen molar-refractivity contribution in [3.63, 3.8) is 0 Å². The first kappa shape index (κ1) is 14.5. The van der Waals surface area contributed by atoms with Crippen LogP contribution in [-0.4, -0.2) is 35.4 Å². The zero-order chi connectivity index (χ0) is 14.8. The summed E-state index contributed by atoms with van der Waals surface area (Å²) in [7, 11) is 0. The molecule has 2 aromatic rings. The third-order valence-electron chi connectivity index (χ3n) is 3.62. The summed E-state index contributed by atoms with van der Waals surface area (Å²) in [5.74, 6) is -0.325. The molecule has 21 heavy (non-hydrogen) atoms. The maximum Gasteiger partial charge on any atom is 0.270 e. The van der Waals surface area contributed by atoms with E-state index in [0.717, 1.165) is 15.7 Å². The van der Waals surface area contributed by atoms with E-state index >= 15 is 0 Å². The first-order valence-electron chi connectivity index (χ1n) is 6.76. The SMILES string of the molecule is O=C(c1cc(I)c[nH]1)N1CCNCC1c1cccc(F)c1. The number of aromatic nitrogens is 1. The molecule has 1 unspecified atom stereocenters. The second kappa shape index (κ2) is 6.15. The number of aromatic amines is 1. The van der Waals surface area contributed by atoms with Gasteiger partial charge in [-0.1, -0.05) is 12.1 Å². The number of carbonyl (C=O) groups excluding carboxylic acids is 1. The summed E-state index contributed by atoms with van der Waals surface area (Å²) in [6, 6.07) is 8.13. The number of hydrogen-bond donors (Lipinski definition) is 2. The molecule has 1 aliphatic rings. The highest BCUT2D eigenvalue weighted by Gasteiger charge is 2.29. The standard InChI is InChI=1S/C15H15FIN3O/c16-11-3-1-2-10(6-11)14-9-18-4-5-20(14)15(21)13-7-12(17)8-19-13/h1-3,6-8,14,18-19H,4-5,9H2. The Labute approximate surface area is 135 Å². The van der Waals surface area contributed by atoms with Crippen molar-refractivity contribution in [3.05, 3.63) is 57.2 Å². The topological polar surface area (TPSA) is 48.1 Å². The van der Waals surface area contributed by atoms with E-state index in [1.54, 1.807) is 17.2 Å². The Morgan fingerprint density at radius 1 is 1.38 bits per heavy atom. The number of hydrogen-bond acceptors (Lipinski definition) is 2. The van der Waals surface area contributed by atoms with Crippen molar-refractivity contribution in [2.24, 2.45) is 0 Å². The molecule has 1 aliphatic heterocycles. The van der Waals surface area contributed by atoms with Crippen LogP contribution in [0.4, 0.5) is 4.39 Å². The molecule has 2 N–H and O–H groups in total. The molecule has 1 atom stereocenters. The number of benzene rings is 1. The van der Waals surface area contributed by atoms with Crippen LogP contribution in [-0.2, 0) is 0 Å². The van der Waals surface area contributed by atoms with Gasteiger partial charge in [0.2, 0.25) is 0 Å². The molecule has 2 heterocycles. The molecule has 0 saturated carbocycles.